The summed E-state index contributed by atoms with van der Waals surface area (Å²) in [4.78, 5) is 0. The summed E-state index contributed by atoms with van der Waals surface area (Å²) in [7, 11) is 0. The van der Waals surface area contributed by atoms with Crippen molar-refractivity contribution in [2.75, 3.05) is 5.33 Å². The summed E-state index contributed by atoms with van der Waals surface area (Å²) in [6.07, 6.45) is 4.14. The number of benzene rings is 1. The first-order valence-electron chi connectivity index (χ1n) is 3.41. The number of halogens is 3. The van der Waals surface area contributed by atoms with Gasteiger partial charge in [0.05, 0.1) is 0 Å². The zero-order valence-electron chi connectivity index (χ0n) is 6.23. The molecule has 0 spiro atoms. The van der Waals surface area contributed by atoms with E-state index in [2.05, 4.69) is 72.1 Å². The molecule has 0 aromatic heterocycles. The second-order valence-electron chi connectivity index (χ2n) is 2.26. The molecule has 0 radical (unpaired) electrons. The van der Waals surface area contributed by atoms with E-state index in [-0.39, 0.29) is 0 Å². The fourth-order valence-corrected chi connectivity index (χ4v) is 2.37. The van der Waals surface area contributed by atoms with Crippen LogP contribution in [0.1, 0.15) is 5.56 Å². The maximum Gasteiger partial charge on any atom is 0.0215 e. The summed E-state index contributed by atoms with van der Waals surface area (Å²) >= 11 is 10.2. The second kappa shape index (κ2) is 5.20. The number of hydrogen-bond donors (Lipinski definition) is 0. The Kier molecular flexibility index (Phi) is 4.54. The molecule has 0 amide bonds. The lowest BCUT2D eigenvalue weighted by Crippen LogP contribution is -1.73. The van der Waals surface area contributed by atoms with Crippen LogP contribution in [0.25, 0.3) is 6.08 Å². The van der Waals surface area contributed by atoms with Gasteiger partial charge in [-0.3, -0.25) is 0 Å². The molecule has 0 aliphatic carbocycles. The zero-order chi connectivity index (χ0) is 8.97. The average Bonchev–Trinajstić information content (AvgIpc) is 1.99. The molecule has 0 heterocycles. The van der Waals surface area contributed by atoms with Crippen LogP contribution in [-0.4, -0.2) is 5.33 Å². The summed E-state index contributed by atoms with van der Waals surface area (Å²) in [5.74, 6) is 0. The minimum Gasteiger partial charge on any atom is -0.0883 e. The molecule has 1 aromatic carbocycles. The summed E-state index contributed by atoms with van der Waals surface area (Å²) in [6.45, 7) is 0. The largest absolute Gasteiger partial charge is 0.0883 e. The van der Waals surface area contributed by atoms with Crippen LogP contribution in [0.2, 0.25) is 0 Å². The highest BCUT2D eigenvalue weighted by Crippen LogP contribution is 2.20. The lowest BCUT2D eigenvalue weighted by molar-refractivity contribution is 1.56. The van der Waals surface area contributed by atoms with E-state index >= 15 is 0 Å². The number of allylic oxidation sites excluding steroid dienone is 1. The molecule has 1 rings (SSSR count). The van der Waals surface area contributed by atoms with Crippen molar-refractivity contribution >= 4 is 53.9 Å². The van der Waals surface area contributed by atoms with Crippen molar-refractivity contribution in [2.24, 2.45) is 0 Å². The van der Waals surface area contributed by atoms with Crippen LogP contribution < -0.4 is 0 Å². The fraction of sp³-hybridized carbons (Fsp3) is 0.111. The topological polar surface area (TPSA) is 0 Å². The van der Waals surface area contributed by atoms with E-state index in [0.717, 1.165) is 14.3 Å². The number of hydrogen-bond acceptors (Lipinski definition) is 0. The van der Waals surface area contributed by atoms with E-state index < -0.39 is 0 Å². The smallest absolute Gasteiger partial charge is 0.0215 e. The Morgan fingerprint density at radius 2 is 1.67 bits per heavy atom. The standard InChI is InChI=1S/C9H7Br3/c10-3-1-2-7-4-8(11)6-9(12)5-7/h1-2,4-6H,3H2. The van der Waals surface area contributed by atoms with Crippen LogP contribution in [0.15, 0.2) is 33.2 Å². The van der Waals surface area contributed by atoms with Gasteiger partial charge in [0.1, 0.15) is 0 Å². The Morgan fingerprint density at radius 3 is 2.17 bits per heavy atom. The van der Waals surface area contributed by atoms with Gasteiger partial charge in [0.25, 0.3) is 0 Å². The van der Waals surface area contributed by atoms with E-state index in [1.54, 1.807) is 0 Å². The van der Waals surface area contributed by atoms with Gasteiger partial charge < -0.3 is 0 Å². The first kappa shape index (κ1) is 10.5. The lowest BCUT2D eigenvalue weighted by Gasteiger charge is -1.96. The van der Waals surface area contributed by atoms with Gasteiger partial charge in [-0.2, -0.15) is 0 Å². The van der Waals surface area contributed by atoms with E-state index in [1.165, 1.54) is 5.56 Å². The molecule has 0 N–H and O–H groups in total. The zero-order valence-corrected chi connectivity index (χ0v) is 11.0. The number of rotatable bonds is 2. The summed E-state index contributed by atoms with van der Waals surface area (Å²) < 4.78 is 2.18. The maximum atomic E-state index is 3.43. The van der Waals surface area contributed by atoms with Crippen LogP contribution in [0, 0.1) is 0 Å². The quantitative estimate of drug-likeness (QED) is 0.680. The Bertz CT molecular complexity index is 272. The van der Waals surface area contributed by atoms with Gasteiger partial charge in [0.15, 0.2) is 0 Å². The Labute approximate surface area is 97.4 Å². The van der Waals surface area contributed by atoms with Crippen LogP contribution in [-0.2, 0) is 0 Å². The van der Waals surface area contributed by atoms with Crippen molar-refractivity contribution in [2.45, 2.75) is 0 Å². The molecule has 0 bridgehead atoms. The third-order valence-electron chi connectivity index (χ3n) is 1.28. The highest BCUT2D eigenvalue weighted by molar-refractivity contribution is 9.11. The highest BCUT2D eigenvalue weighted by Gasteiger charge is 1.93. The van der Waals surface area contributed by atoms with Crippen LogP contribution in [0.3, 0.4) is 0 Å². The molecule has 64 valence electrons. The monoisotopic (exact) mass is 352 g/mol. The van der Waals surface area contributed by atoms with Crippen LogP contribution in [0.5, 0.6) is 0 Å². The first-order valence-corrected chi connectivity index (χ1v) is 6.11. The van der Waals surface area contributed by atoms with Gasteiger partial charge in [-0.05, 0) is 23.8 Å². The van der Waals surface area contributed by atoms with E-state index in [9.17, 15) is 0 Å². The molecular weight excluding hydrogens is 348 g/mol. The minimum absolute atomic E-state index is 0.886. The molecule has 1 aromatic rings. The van der Waals surface area contributed by atoms with Crippen molar-refractivity contribution in [1.29, 1.82) is 0 Å². The molecule has 0 saturated carbocycles. The van der Waals surface area contributed by atoms with Gasteiger partial charge in [-0.1, -0.05) is 59.9 Å². The normalized spacial score (nSPS) is 10.9. The molecule has 3 heteroatoms. The van der Waals surface area contributed by atoms with Gasteiger partial charge in [0, 0.05) is 14.3 Å². The molecule has 0 fully saturated rings. The van der Waals surface area contributed by atoms with E-state index in [0.29, 0.717) is 0 Å². The van der Waals surface area contributed by atoms with Crippen molar-refractivity contribution in [1.82, 2.24) is 0 Å². The third kappa shape index (κ3) is 3.42. The maximum absolute atomic E-state index is 3.43. The molecule has 0 unspecified atom stereocenters. The van der Waals surface area contributed by atoms with Gasteiger partial charge in [-0.15, -0.1) is 0 Å². The van der Waals surface area contributed by atoms with Crippen molar-refractivity contribution in [3.8, 4) is 0 Å². The van der Waals surface area contributed by atoms with E-state index in [1.807, 2.05) is 6.07 Å². The van der Waals surface area contributed by atoms with Gasteiger partial charge in [-0.25, -0.2) is 0 Å². The minimum atomic E-state index is 0.886. The SMILES string of the molecule is BrCC=Cc1cc(Br)cc(Br)c1. The summed E-state index contributed by atoms with van der Waals surface area (Å²) in [5, 5.41) is 0.886. The van der Waals surface area contributed by atoms with Crippen molar-refractivity contribution < 1.29 is 0 Å². The molecule has 0 aliphatic rings. The van der Waals surface area contributed by atoms with Gasteiger partial charge in [0.2, 0.25) is 0 Å². The molecule has 0 saturated heterocycles. The molecule has 0 atom stereocenters. The summed E-state index contributed by atoms with van der Waals surface area (Å²) in [5.41, 5.74) is 1.19. The second-order valence-corrected chi connectivity index (χ2v) is 4.74. The predicted molar refractivity (Wildman–Crippen MR) is 64.7 cm³/mol. The van der Waals surface area contributed by atoms with E-state index in [4.69, 9.17) is 0 Å². The van der Waals surface area contributed by atoms with Gasteiger partial charge >= 0.3 is 0 Å². The van der Waals surface area contributed by atoms with Crippen LogP contribution >= 0.6 is 47.8 Å². The Morgan fingerprint density at radius 1 is 1.08 bits per heavy atom. The highest BCUT2D eigenvalue weighted by atomic mass is 79.9. The molecule has 0 aliphatic heterocycles. The number of alkyl halides is 1. The third-order valence-corrected chi connectivity index (χ3v) is 2.57. The molecular formula is C9H7Br3. The fourth-order valence-electron chi connectivity index (χ4n) is 0.852. The predicted octanol–water partition coefficient (Wildman–Crippen LogP) is 4.62. The average molecular weight is 355 g/mol. The van der Waals surface area contributed by atoms with Crippen molar-refractivity contribution in [3.63, 3.8) is 0 Å². The van der Waals surface area contributed by atoms with Crippen molar-refractivity contribution in [3.05, 3.63) is 38.8 Å². The molecule has 0 nitrogen and oxygen atoms in total. The Balaban J connectivity index is 2.93. The lowest BCUT2D eigenvalue weighted by atomic mass is 10.2. The molecule has 12 heavy (non-hydrogen) atoms. The Hall–Kier alpha value is 0.400. The first-order chi connectivity index (χ1) is 5.72. The summed E-state index contributed by atoms with van der Waals surface area (Å²) in [6, 6.07) is 6.17. The van der Waals surface area contributed by atoms with Crippen LogP contribution in [0.4, 0.5) is 0 Å².